The van der Waals surface area contributed by atoms with Crippen LogP contribution in [0.4, 0.5) is 0 Å². The van der Waals surface area contributed by atoms with Crippen LogP contribution in [-0.2, 0) is 26.3 Å². The second-order valence-corrected chi connectivity index (χ2v) is 6.56. The highest BCUT2D eigenvalue weighted by molar-refractivity contribution is 7.86. The van der Waals surface area contributed by atoms with E-state index in [0.717, 1.165) is 9.87 Å². The summed E-state index contributed by atoms with van der Waals surface area (Å²) in [4.78, 5) is 11.0. The van der Waals surface area contributed by atoms with Crippen molar-refractivity contribution in [2.45, 2.75) is 19.9 Å². The standard InChI is InChI=1S/C12H20N2O5S/c1-10-11(6-8-19-10)9-14(3)20(16,17)13(2)7-5-12(15)18-4/h6,8H,5,7,9H2,1-4H3. The van der Waals surface area contributed by atoms with Crippen molar-refractivity contribution in [2.75, 3.05) is 27.7 Å². The lowest BCUT2D eigenvalue weighted by Gasteiger charge is -2.23. The van der Waals surface area contributed by atoms with Crippen LogP contribution < -0.4 is 0 Å². The van der Waals surface area contributed by atoms with E-state index in [-0.39, 0.29) is 19.5 Å². The molecule has 0 spiro atoms. The molecule has 0 fully saturated rings. The molecule has 1 heterocycles. The Morgan fingerprint density at radius 3 is 2.50 bits per heavy atom. The zero-order valence-electron chi connectivity index (χ0n) is 12.1. The van der Waals surface area contributed by atoms with Crippen molar-refractivity contribution in [1.29, 1.82) is 0 Å². The predicted octanol–water partition coefficient (Wildman–Crippen LogP) is 0.760. The summed E-state index contributed by atoms with van der Waals surface area (Å²) in [6.07, 6.45) is 1.54. The number of methoxy groups -OCH3 is 1. The maximum atomic E-state index is 12.2. The van der Waals surface area contributed by atoms with Crippen molar-refractivity contribution in [1.82, 2.24) is 8.61 Å². The molecule has 7 nitrogen and oxygen atoms in total. The largest absolute Gasteiger partial charge is 0.469 e. The Hall–Kier alpha value is -1.38. The van der Waals surface area contributed by atoms with Gasteiger partial charge in [0.2, 0.25) is 0 Å². The van der Waals surface area contributed by atoms with Crippen LogP contribution >= 0.6 is 0 Å². The molecule has 0 aromatic carbocycles. The molecule has 1 rings (SSSR count). The molecule has 0 aliphatic heterocycles. The van der Waals surface area contributed by atoms with Crippen molar-refractivity contribution >= 4 is 16.2 Å². The third kappa shape index (κ3) is 4.06. The second-order valence-electron chi connectivity index (χ2n) is 4.41. The Morgan fingerprint density at radius 1 is 1.35 bits per heavy atom. The van der Waals surface area contributed by atoms with Crippen LogP contribution in [0.2, 0.25) is 0 Å². The van der Waals surface area contributed by atoms with Crippen LogP contribution in [0.3, 0.4) is 0 Å². The Kier molecular flexibility index (Phi) is 5.73. The van der Waals surface area contributed by atoms with Crippen molar-refractivity contribution in [2.24, 2.45) is 0 Å². The minimum absolute atomic E-state index is 0.0187. The van der Waals surface area contributed by atoms with Crippen LogP contribution in [-0.4, -0.2) is 50.7 Å². The Morgan fingerprint density at radius 2 is 2.00 bits per heavy atom. The number of rotatable bonds is 7. The molecular weight excluding hydrogens is 284 g/mol. The first kappa shape index (κ1) is 16.7. The molecule has 0 saturated carbocycles. The van der Waals surface area contributed by atoms with Crippen LogP contribution in [0.1, 0.15) is 17.7 Å². The van der Waals surface area contributed by atoms with Gasteiger partial charge in [-0.3, -0.25) is 4.79 Å². The Labute approximate surface area is 119 Å². The number of nitrogens with zero attached hydrogens (tertiary/aromatic N) is 2. The summed E-state index contributed by atoms with van der Waals surface area (Å²) >= 11 is 0. The number of carbonyl (C=O) groups excluding carboxylic acids is 1. The Balaban J connectivity index is 2.67. The first-order chi connectivity index (χ1) is 9.28. The van der Waals surface area contributed by atoms with E-state index in [2.05, 4.69) is 4.74 Å². The van der Waals surface area contributed by atoms with E-state index in [1.165, 1.54) is 31.8 Å². The van der Waals surface area contributed by atoms with Gasteiger partial charge in [0, 0.05) is 32.7 Å². The average Bonchev–Trinajstić information content (AvgIpc) is 2.80. The SMILES string of the molecule is COC(=O)CCN(C)S(=O)(=O)N(C)Cc1ccoc1C. The number of carbonyl (C=O) groups is 1. The molecule has 0 radical (unpaired) electrons. The molecule has 114 valence electrons. The van der Waals surface area contributed by atoms with Crippen molar-refractivity contribution < 1.29 is 22.4 Å². The lowest BCUT2D eigenvalue weighted by molar-refractivity contribution is -0.140. The van der Waals surface area contributed by atoms with Crippen LogP contribution in [0, 0.1) is 6.92 Å². The van der Waals surface area contributed by atoms with E-state index >= 15 is 0 Å². The number of hydrogen-bond acceptors (Lipinski definition) is 5. The quantitative estimate of drug-likeness (QED) is 0.695. The van der Waals surface area contributed by atoms with E-state index < -0.39 is 16.2 Å². The number of esters is 1. The van der Waals surface area contributed by atoms with Crippen LogP contribution in [0.15, 0.2) is 16.7 Å². The zero-order valence-corrected chi connectivity index (χ0v) is 12.9. The topological polar surface area (TPSA) is 80.1 Å². The van der Waals surface area contributed by atoms with Gasteiger partial charge in [-0.05, 0) is 13.0 Å². The van der Waals surface area contributed by atoms with Crippen molar-refractivity contribution in [3.8, 4) is 0 Å². The summed E-state index contributed by atoms with van der Waals surface area (Å²) in [5.74, 6) is 0.240. The number of furan rings is 1. The van der Waals surface area contributed by atoms with Gasteiger partial charge < -0.3 is 9.15 Å². The molecule has 0 amide bonds. The molecule has 0 atom stereocenters. The first-order valence-electron chi connectivity index (χ1n) is 6.06. The fraction of sp³-hybridized carbons (Fsp3) is 0.583. The van der Waals surface area contributed by atoms with Gasteiger partial charge in [-0.25, -0.2) is 0 Å². The molecule has 0 aliphatic rings. The first-order valence-corrected chi connectivity index (χ1v) is 7.46. The summed E-state index contributed by atoms with van der Waals surface area (Å²) in [7, 11) is 0.560. The summed E-state index contributed by atoms with van der Waals surface area (Å²) < 4.78 is 36.4. The van der Waals surface area contributed by atoms with E-state index in [1.807, 2.05) is 0 Å². The summed E-state index contributed by atoms with van der Waals surface area (Å²) in [6.45, 7) is 2.06. The van der Waals surface area contributed by atoms with Gasteiger partial charge in [0.25, 0.3) is 10.2 Å². The predicted molar refractivity (Wildman–Crippen MR) is 73.1 cm³/mol. The van der Waals surface area contributed by atoms with Gasteiger partial charge in [-0.15, -0.1) is 0 Å². The molecule has 0 N–H and O–H groups in total. The highest BCUT2D eigenvalue weighted by Crippen LogP contribution is 2.14. The molecule has 1 aromatic rings. The van der Waals surface area contributed by atoms with Gasteiger partial charge in [0.05, 0.1) is 19.8 Å². The molecule has 8 heteroatoms. The highest BCUT2D eigenvalue weighted by Gasteiger charge is 2.25. The summed E-state index contributed by atoms with van der Waals surface area (Å²) in [5, 5.41) is 0. The minimum Gasteiger partial charge on any atom is -0.469 e. The van der Waals surface area contributed by atoms with Gasteiger partial charge >= 0.3 is 5.97 Å². The third-order valence-electron chi connectivity index (χ3n) is 3.01. The molecular formula is C12H20N2O5S. The molecule has 0 bridgehead atoms. The second kappa shape index (κ2) is 6.87. The molecule has 0 unspecified atom stereocenters. The Bertz CT molecular complexity index is 552. The summed E-state index contributed by atoms with van der Waals surface area (Å²) in [5.41, 5.74) is 0.803. The van der Waals surface area contributed by atoms with Crippen molar-refractivity contribution in [3.05, 3.63) is 23.7 Å². The fourth-order valence-corrected chi connectivity index (χ4v) is 2.70. The van der Waals surface area contributed by atoms with E-state index in [4.69, 9.17) is 4.42 Å². The minimum atomic E-state index is -3.62. The van der Waals surface area contributed by atoms with Gasteiger partial charge in [-0.2, -0.15) is 17.0 Å². The summed E-state index contributed by atoms with van der Waals surface area (Å²) in [6, 6.07) is 1.73. The van der Waals surface area contributed by atoms with Crippen LogP contribution in [0.25, 0.3) is 0 Å². The third-order valence-corrected chi connectivity index (χ3v) is 4.89. The van der Waals surface area contributed by atoms with E-state index in [9.17, 15) is 13.2 Å². The lowest BCUT2D eigenvalue weighted by Crippen LogP contribution is -2.40. The van der Waals surface area contributed by atoms with Crippen LogP contribution in [0.5, 0.6) is 0 Å². The molecule has 0 saturated heterocycles. The molecule has 20 heavy (non-hydrogen) atoms. The maximum absolute atomic E-state index is 12.2. The molecule has 0 aliphatic carbocycles. The fourth-order valence-electron chi connectivity index (χ4n) is 1.60. The molecule has 1 aromatic heterocycles. The van der Waals surface area contributed by atoms with Gasteiger partial charge in [0.1, 0.15) is 5.76 Å². The lowest BCUT2D eigenvalue weighted by atomic mass is 10.3. The van der Waals surface area contributed by atoms with Gasteiger partial charge in [0.15, 0.2) is 0 Å². The normalized spacial score (nSPS) is 12.1. The van der Waals surface area contributed by atoms with Gasteiger partial charge in [-0.1, -0.05) is 0 Å². The monoisotopic (exact) mass is 304 g/mol. The number of hydrogen-bond donors (Lipinski definition) is 0. The highest BCUT2D eigenvalue weighted by atomic mass is 32.2. The zero-order chi connectivity index (χ0) is 15.3. The number of ether oxygens (including phenoxy) is 1. The van der Waals surface area contributed by atoms with E-state index in [0.29, 0.717) is 5.76 Å². The average molecular weight is 304 g/mol. The number of aryl methyl sites for hydroxylation is 1. The van der Waals surface area contributed by atoms with E-state index in [1.54, 1.807) is 13.0 Å². The van der Waals surface area contributed by atoms with Crippen molar-refractivity contribution in [3.63, 3.8) is 0 Å². The smallest absolute Gasteiger partial charge is 0.306 e. The maximum Gasteiger partial charge on any atom is 0.306 e.